The number of nitrogen functional groups attached to an aromatic ring is 1. The molecule has 0 heterocycles. The molecule has 6 heteroatoms. The smallest absolute Gasteiger partial charge is 0.254 e. The second-order valence-electron chi connectivity index (χ2n) is 3.77. The lowest BCUT2D eigenvalue weighted by Crippen LogP contribution is -2.39. The fraction of sp³-hybridized carbons (Fsp3) is 0.333. The Kier molecular flexibility index (Phi) is 4.53. The molecule has 0 aliphatic heterocycles. The first-order chi connectivity index (χ1) is 8.49. The first-order valence-corrected chi connectivity index (χ1v) is 5.58. The molecular formula is C12H17N3O3. The summed E-state index contributed by atoms with van der Waals surface area (Å²) in [5.74, 6) is -0.710. The van der Waals surface area contributed by atoms with Gasteiger partial charge >= 0.3 is 0 Å². The number of amides is 2. The van der Waals surface area contributed by atoms with Crippen LogP contribution in [0.2, 0.25) is 0 Å². The number of carbonyl (C=O) groups excluding carboxylic acids is 2. The van der Waals surface area contributed by atoms with E-state index in [1.165, 1.54) is 30.1 Å². The first kappa shape index (κ1) is 13.8. The third-order valence-corrected chi connectivity index (χ3v) is 2.56. The van der Waals surface area contributed by atoms with Crippen LogP contribution in [-0.2, 0) is 4.79 Å². The number of carbonyl (C=O) groups is 2. The van der Waals surface area contributed by atoms with Crippen molar-refractivity contribution in [3.63, 3.8) is 0 Å². The Bertz CT molecular complexity index is 460. The number of phenols is 1. The lowest BCUT2D eigenvalue weighted by atomic mass is 10.1. The summed E-state index contributed by atoms with van der Waals surface area (Å²) in [7, 11) is 1.51. The van der Waals surface area contributed by atoms with E-state index in [1.807, 2.05) is 0 Å². The van der Waals surface area contributed by atoms with E-state index in [4.69, 9.17) is 5.73 Å². The normalized spacial score (nSPS) is 9.89. The van der Waals surface area contributed by atoms with Gasteiger partial charge in [0.05, 0.1) is 12.2 Å². The van der Waals surface area contributed by atoms with Gasteiger partial charge in [-0.2, -0.15) is 0 Å². The van der Waals surface area contributed by atoms with E-state index in [0.717, 1.165) is 0 Å². The molecule has 1 aromatic rings. The predicted octanol–water partition coefficient (Wildman–Crippen LogP) is 0.182. The monoisotopic (exact) mass is 251 g/mol. The molecule has 0 aliphatic rings. The van der Waals surface area contributed by atoms with Crippen LogP contribution in [0.5, 0.6) is 5.75 Å². The van der Waals surface area contributed by atoms with Gasteiger partial charge in [0.25, 0.3) is 5.91 Å². The fourth-order valence-electron chi connectivity index (χ4n) is 1.44. The molecule has 0 saturated heterocycles. The van der Waals surface area contributed by atoms with Crippen LogP contribution in [-0.4, -0.2) is 42.0 Å². The van der Waals surface area contributed by atoms with E-state index < -0.39 is 0 Å². The third kappa shape index (κ3) is 3.13. The van der Waals surface area contributed by atoms with Crippen molar-refractivity contribution in [1.82, 2.24) is 10.2 Å². The number of nitrogens with one attached hydrogen (secondary N) is 1. The second-order valence-corrected chi connectivity index (χ2v) is 3.77. The summed E-state index contributed by atoms with van der Waals surface area (Å²) < 4.78 is 0. The Labute approximate surface area is 105 Å². The van der Waals surface area contributed by atoms with Gasteiger partial charge < -0.3 is 21.1 Å². The predicted molar refractivity (Wildman–Crippen MR) is 68.2 cm³/mol. The first-order valence-electron chi connectivity index (χ1n) is 5.58. The van der Waals surface area contributed by atoms with Crippen LogP contribution in [0.25, 0.3) is 0 Å². The number of benzene rings is 1. The summed E-state index contributed by atoms with van der Waals surface area (Å²) in [4.78, 5) is 24.7. The quantitative estimate of drug-likeness (QED) is 0.525. The van der Waals surface area contributed by atoms with Crippen LogP contribution in [0.1, 0.15) is 17.3 Å². The summed E-state index contributed by atoms with van der Waals surface area (Å²) in [6, 6.07) is 4.27. The van der Waals surface area contributed by atoms with Crippen LogP contribution in [0.3, 0.4) is 0 Å². The molecule has 6 nitrogen and oxygen atoms in total. The summed E-state index contributed by atoms with van der Waals surface area (Å²) in [6.45, 7) is 2.16. The van der Waals surface area contributed by atoms with E-state index in [9.17, 15) is 14.7 Å². The number of nitrogens with zero attached hydrogens (tertiary/aromatic N) is 1. The lowest BCUT2D eigenvalue weighted by Gasteiger charge is -2.20. The molecule has 0 bridgehead atoms. The number of anilines is 1. The van der Waals surface area contributed by atoms with Crippen molar-refractivity contribution in [1.29, 1.82) is 0 Å². The van der Waals surface area contributed by atoms with E-state index in [0.29, 0.717) is 12.1 Å². The van der Waals surface area contributed by atoms with Crippen LogP contribution in [0.15, 0.2) is 18.2 Å². The number of hydrogen-bond acceptors (Lipinski definition) is 4. The molecular weight excluding hydrogens is 234 g/mol. The number of hydrogen-bond donors (Lipinski definition) is 3. The maximum Gasteiger partial charge on any atom is 0.254 e. The zero-order chi connectivity index (χ0) is 13.7. The van der Waals surface area contributed by atoms with Crippen molar-refractivity contribution >= 4 is 17.5 Å². The highest BCUT2D eigenvalue weighted by molar-refractivity contribution is 5.97. The van der Waals surface area contributed by atoms with Crippen molar-refractivity contribution in [2.45, 2.75) is 6.92 Å². The Hall–Kier alpha value is -2.24. The summed E-state index contributed by atoms with van der Waals surface area (Å²) in [5, 5.41) is 11.9. The van der Waals surface area contributed by atoms with Gasteiger partial charge in [-0.25, -0.2) is 0 Å². The number of nitrogens with two attached hydrogens (primary N) is 1. The number of phenolic OH excluding ortho intramolecular Hbond substituents is 1. The standard InChI is InChI=1S/C12H17N3O3/c1-3-15(7-11(17)14-2)12(18)8-4-5-9(13)10(16)6-8/h4-6,16H,3,7,13H2,1-2H3,(H,14,17). The van der Waals surface area contributed by atoms with Crippen LogP contribution < -0.4 is 11.1 Å². The van der Waals surface area contributed by atoms with Crippen molar-refractivity contribution in [2.75, 3.05) is 25.9 Å². The van der Waals surface area contributed by atoms with E-state index in [1.54, 1.807) is 6.92 Å². The molecule has 98 valence electrons. The van der Waals surface area contributed by atoms with E-state index in [2.05, 4.69) is 5.32 Å². The van der Waals surface area contributed by atoms with Crippen molar-refractivity contribution in [3.8, 4) is 5.75 Å². The Balaban J connectivity index is 2.89. The van der Waals surface area contributed by atoms with Gasteiger partial charge in [-0.05, 0) is 25.1 Å². The molecule has 1 aromatic carbocycles. The fourth-order valence-corrected chi connectivity index (χ4v) is 1.44. The lowest BCUT2D eigenvalue weighted by molar-refractivity contribution is -0.121. The minimum atomic E-state index is -0.323. The van der Waals surface area contributed by atoms with Gasteiger partial charge in [0.15, 0.2) is 0 Å². The zero-order valence-electron chi connectivity index (χ0n) is 10.4. The zero-order valence-corrected chi connectivity index (χ0v) is 10.4. The Morgan fingerprint density at radius 3 is 2.61 bits per heavy atom. The molecule has 0 spiro atoms. The van der Waals surface area contributed by atoms with Crippen LogP contribution in [0, 0.1) is 0 Å². The Morgan fingerprint density at radius 2 is 2.11 bits per heavy atom. The number of likely N-dealkylation sites (N-methyl/N-ethyl adjacent to an activating group) is 2. The molecule has 4 N–H and O–H groups in total. The van der Waals surface area contributed by atoms with Gasteiger partial charge in [-0.1, -0.05) is 0 Å². The Morgan fingerprint density at radius 1 is 1.44 bits per heavy atom. The topological polar surface area (TPSA) is 95.7 Å². The highest BCUT2D eigenvalue weighted by Crippen LogP contribution is 2.21. The maximum atomic E-state index is 12.1. The van der Waals surface area contributed by atoms with Gasteiger partial charge in [-0.15, -0.1) is 0 Å². The van der Waals surface area contributed by atoms with Crippen LogP contribution in [0.4, 0.5) is 5.69 Å². The third-order valence-electron chi connectivity index (χ3n) is 2.56. The number of rotatable bonds is 4. The van der Waals surface area contributed by atoms with Gasteiger partial charge in [0, 0.05) is 19.2 Å². The summed E-state index contributed by atoms with van der Waals surface area (Å²) in [5.41, 5.74) is 5.97. The minimum Gasteiger partial charge on any atom is -0.506 e. The summed E-state index contributed by atoms with van der Waals surface area (Å²) in [6.07, 6.45) is 0. The molecule has 0 radical (unpaired) electrons. The molecule has 18 heavy (non-hydrogen) atoms. The van der Waals surface area contributed by atoms with Crippen molar-refractivity contribution < 1.29 is 14.7 Å². The number of aromatic hydroxyl groups is 1. The highest BCUT2D eigenvalue weighted by atomic mass is 16.3. The molecule has 1 rings (SSSR count). The molecule has 0 aromatic heterocycles. The van der Waals surface area contributed by atoms with Crippen molar-refractivity contribution in [2.24, 2.45) is 0 Å². The second kappa shape index (κ2) is 5.90. The van der Waals surface area contributed by atoms with Gasteiger partial charge in [-0.3, -0.25) is 9.59 Å². The largest absolute Gasteiger partial charge is 0.506 e. The van der Waals surface area contributed by atoms with E-state index >= 15 is 0 Å². The average molecular weight is 251 g/mol. The van der Waals surface area contributed by atoms with E-state index in [-0.39, 0.29) is 29.8 Å². The molecule has 0 fully saturated rings. The molecule has 0 atom stereocenters. The molecule has 0 aliphatic carbocycles. The summed E-state index contributed by atoms with van der Waals surface area (Å²) >= 11 is 0. The maximum absolute atomic E-state index is 12.1. The van der Waals surface area contributed by atoms with Crippen molar-refractivity contribution in [3.05, 3.63) is 23.8 Å². The molecule has 2 amide bonds. The van der Waals surface area contributed by atoms with Gasteiger partial charge in [0.1, 0.15) is 5.75 Å². The minimum absolute atomic E-state index is 0.0169. The molecule has 0 saturated carbocycles. The molecule has 0 unspecified atom stereocenters. The SMILES string of the molecule is CCN(CC(=O)NC)C(=O)c1ccc(N)c(O)c1. The average Bonchev–Trinajstić information content (AvgIpc) is 2.38. The highest BCUT2D eigenvalue weighted by Gasteiger charge is 2.17. The van der Waals surface area contributed by atoms with Gasteiger partial charge in [0.2, 0.25) is 5.91 Å². The van der Waals surface area contributed by atoms with Crippen LogP contribution >= 0.6 is 0 Å².